The molecule has 0 atom stereocenters. The van der Waals surface area contributed by atoms with Crippen LogP contribution < -0.4 is 10.0 Å². The first-order valence-corrected chi connectivity index (χ1v) is 10.1. The zero-order chi connectivity index (χ0) is 16.6. The third-order valence-corrected chi connectivity index (χ3v) is 4.83. The van der Waals surface area contributed by atoms with Crippen LogP contribution in [-0.4, -0.2) is 58.8 Å². The van der Waals surface area contributed by atoms with Gasteiger partial charge in [-0.1, -0.05) is 19.8 Å². The molecule has 0 amide bonds. The third-order valence-electron chi connectivity index (χ3n) is 4.10. The first kappa shape index (κ1) is 19.2. The molecule has 130 valence electrons. The molecule has 1 aliphatic carbocycles. The Kier molecular flexibility index (Phi) is 8.17. The van der Waals surface area contributed by atoms with Crippen LogP contribution in [0.3, 0.4) is 0 Å². The van der Waals surface area contributed by atoms with E-state index in [1.54, 1.807) is 0 Å². The highest BCUT2D eigenvalue weighted by Gasteiger charge is 2.20. The van der Waals surface area contributed by atoms with E-state index < -0.39 is 10.0 Å². The fourth-order valence-electron chi connectivity index (χ4n) is 2.85. The second-order valence-electron chi connectivity index (χ2n) is 6.41. The first-order chi connectivity index (χ1) is 10.3. The number of sulfonamides is 1. The van der Waals surface area contributed by atoms with E-state index in [9.17, 15) is 8.42 Å². The van der Waals surface area contributed by atoms with E-state index in [0.29, 0.717) is 13.1 Å². The Morgan fingerprint density at radius 2 is 1.91 bits per heavy atom. The predicted octanol–water partition coefficient (Wildman–Crippen LogP) is 1.26. The molecular formula is C15H32N4O2S. The van der Waals surface area contributed by atoms with Crippen LogP contribution in [0.5, 0.6) is 0 Å². The number of guanidine groups is 1. The number of hydrogen-bond acceptors (Lipinski definition) is 3. The van der Waals surface area contributed by atoms with Crippen LogP contribution in [-0.2, 0) is 10.0 Å². The van der Waals surface area contributed by atoms with E-state index >= 15 is 0 Å². The van der Waals surface area contributed by atoms with Crippen molar-refractivity contribution in [3.8, 4) is 0 Å². The van der Waals surface area contributed by atoms with Crippen LogP contribution in [0.15, 0.2) is 4.99 Å². The van der Waals surface area contributed by atoms with E-state index in [-0.39, 0.29) is 0 Å². The molecule has 7 heteroatoms. The summed E-state index contributed by atoms with van der Waals surface area (Å²) in [6.07, 6.45) is 6.40. The highest BCUT2D eigenvalue weighted by Crippen LogP contribution is 2.28. The van der Waals surface area contributed by atoms with Crippen molar-refractivity contribution in [2.45, 2.75) is 39.5 Å². The Morgan fingerprint density at radius 3 is 2.45 bits per heavy atom. The Balaban J connectivity index is 2.46. The maximum absolute atomic E-state index is 11.0. The van der Waals surface area contributed by atoms with Gasteiger partial charge in [-0.25, -0.2) is 13.1 Å². The van der Waals surface area contributed by atoms with Crippen LogP contribution in [0, 0.1) is 11.8 Å². The molecule has 0 unspecified atom stereocenters. The van der Waals surface area contributed by atoms with Gasteiger partial charge in [0.05, 0.1) is 12.8 Å². The molecule has 0 bridgehead atoms. The number of nitrogens with one attached hydrogen (secondary N) is 2. The molecule has 0 aromatic heterocycles. The lowest BCUT2D eigenvalue weighted by molar-refractivity contribution is 0.250. The average molecular weight is 333 g/mol. The highest BCUT2D eigenvalue weighted by atomic mass is 32.2. The topological polar surface area (TPSA) is 73.8 Å². The van der Waals surface area contributed by atoms with Crippen LogP contribution >= 0.6 is 0 Å². The van der Waals surface area contributed by atoms with Crippen LogP contribution in [0.2, 0.25) is 0 Å². The summed E-state index contributed by atoms with van der Waals surface area (Å²) in [6, 6.07) is 0. The molecule has 1 rings (SSSR count). The lowest BCUT2D eigenvalue weighted by atomic mass is 9.83. The van der Waals surface area contributed by atoms with Gasteiger partial charge in [0.15, 0.2) is 5.96 Å². The minimum Gasteiger partial charge on any atom is -0.357 e. The summed E-state index contributed by atoms with van der Waals surface area (Å²) in [5, 5.41) is 3.28. The molecule has 0 aromatic rings. The van der Waals surface area contributed by atoms with Crippen LogP contribution in [0.25, 0.3) is 0 Å². The molecule has 0 saturated heterocycles. The number of hydrogen-bond donors (Lipinski definition) is 2. The predicted molar refractivity (Wildman–Crippen MR) is 92.6 cm³/mol. The van der Waals surface area contributed by atoms with Crippen LogP contribution in [0.4, 0.5) is 0 Å². The van der Waals surface area contributed by atoms with Crippen molar-refractivity contribution in [1.82, 2.24) is 14.9 Å². The molecule has 1 aliphatic rings. The molecule has 22 heavy (non-hydrogen) atoms. The number of aliphatic imine (C=N–C) groups is 1. The third kappa shape index (κ3) is 7.98. The largest absolute Gasteiger partial charge is 0.357 e. The zero-order valence-corrected chi connectivity index (χ0v) is 15.2. The van der Waals surface area contributed by atoms with Crippen molar-refractivity contribution in [2.24, 2.45) is 16.8 Å². The molecule has 1 fully saturated rings. The molecule has 2 N–H and O–H groups in total. The summed E-state index contributed by atoms with van der Waals surface area (Å²) in [6.45, 7) is 6.98. The lowest BCUT2D eigenvalue weighted by Crippen LogP contribution is -2.42. The Bertz CT molecular complexity index is 442. The number of nitrogens with zero attached hydrogens (tertiary/aromatic N) is 2. The fraction of sp³-hybridized carbons (Fsp3) is 0.933. The molecule has 0 heterocycles. The van der Waals surface area contributed by atoms with Crippen LogP contribution in [0.1, 0.15) is 39.5 Å². The summed E-state index contributed by atoms with van der Waals surface area (Å²) in [4.78, 5) is 6.67. The molecule has 0 aromatic carbocycles. The summed E-state index contributed by atoms with van der Waals surface area (Å²) in [5.41, 5.74) is 0. The van der Waals surface area contributed by atoms with Gasteiger partial charge in [-0.05, 0) is 31.6 Å². The van der Waals surface area contributed by atoms with E-state index in [1.165, 1.54) is 25.7 Å². The van der Waals surface area contributed by atoms with Gasteiger partial charge in [-0.2, -0.15) is 0 Å². The molecular weight excluding hydrogens is 300 g/mol. The van der Waals surface area contributed by atoms with Crippen molar-refractivity contribution in [2.75, 3.05) is 39.5 Å². The molecule has 1 saturated carbocycles. The highest BCUT2D eigenvalue weighted by molar-refractivity contribution is 7.88. The monoisotopic (exact) mass is 332 g/mol. The fourth-order valence-corrected chi connectivity index (χ4v) is 3.31. The Morgan fingerprint density at radius 1 is 1.27 bits per heavy atom. The summed E-state index contributed by atoms with van der Waals surface area (Å²) in [5.74, 6) is 2.46. The summed E-state index contributed by atoms with van der Waals surface area (Å²) in [7, 11) is -1.08. The average Bonchev–Trinajstić information content (AvgIpc) is 2.43. The Hall–Kier alpha value is -0.820. The number of rotatable bonds is 7. The van der Waals surface area contributed by atoms with Gasteiger partial charge in [0.1, 0.15) is 0 Å². The second-order valence-corrected chi connectivity index (χ2v) is 8.24. The van der Waals surface area contributed by atoms with Crippen molar-refractivity contribution in [3.63, 3.8) is 0 Å². The van der Waals surface area contributed by atoms with Gasteiger partial charge in [0.2, 0.25) is 10.0 Å². The van der Waals surface area contributed by atoms with Crippen molar-refractivity contribution in [1.29, 1.82) is 0 Å². The maximum Gasteiger partial charge on any atom is 0.208 e. The lowest BCUT2D eigenvalue weighted by Gasteiger charge is -2.31. The molecule has 6 nitrogen and oxygen atoms in total. The summed E-state index contributed by atoms with van der Waals surface area (Å²) < 4.78 is 24.5. The molecule has 0 aliphatic heterocycles. The zero-order valence-electron chi connectivity index (χ0n) is 14.4. The van der Waals surface area contributed by atoms with Gasteiger partial charge in [0, 0.05) is 26.7 Å². The van der Waals surface area contributed by atoms with Crippen molar-refractivity contribution >= 4 is 16.0 Å². The minimum absolute atomic E-state index is 0.336. The molecule has 0 spiro atoms. The van der Waals surface area contributed by atoms with Gasteiger partial charge in [-0.3, -0.25) is 4.99 Å². The van der Waals surface area contributed by atoms with Gasteiger partial charge in [0.25, 0.3) is 0 Å². The van der Waals surface area contributed by atoms with E-state index in [0.717, 1.165) is 37.1 Å². The summed E-state index contributed by atoms with van der Waals surface area (Å²) >= 11 is 0. The normalized spacial score (nSPS) is 23.4. The first-order valence-electron chi connectivity index (χ1n) is 8.26. The quantitative estimate of drug-likeness (QED) is 0.418. The van der Waals surface area contributed by atoms with Gasteiger partial charge >= 0.3 is 0 Å². The smallest absolute Gasteiger partial charge is 0.208 e. The SMILES string of the molecule is CCNC(=NCCNS(C)(=O)=O)N(C)CC1CCC(C)CC1. The maximum atomic E-state index is 11.0. The van der Waals surface area contributed by atoms with Gasteiger partial charge < -0.3 is 10.2 Å². The van der Waals surface area contributed by atoms with Crippen molar-refractivity contribution < 1.29 is 8.42 Å². The van der Waals surface area contributed by atoms with E-state index in [4.69, 9.17) is 0 Å². The molecule has 0 radical (unpaired) electrons. The minimum atomic E-state index is -3.14. The van der Waals surface area contributed by atoms with Gasteiger partial charge in [-0.15, -0.1) is 0 Å². The van der Waals surface area contributed by atoms with E-state index in [1.807, 2.05) is 6.92 Å². The standard InChI is InChI=1S/C15H32N4O2S/c1-5-16-15(17-10-11-18-22(4,20)21)19(3)12-14-8-6-13(2)7-9-14/h13-14,18H,5-12H2,1-4H3,(H,16,17). The second kappa shape index (κ2) is 9.35. The van der Waals surface area contributed by atoms with E-state index in [2.05, 4.69) is 33.9 Å². The van der Waals surface area contributed by atoms with Crippen molar-refractivity contribution in [3.05, 3.63) is 0 Å². The Labute approximate surface area is 135 Å².